The summed E-state index contributed by atoms with van der Waals surface area (Å²) in [5, 5.41) is 3.28. The summed E-state index contributed by atoms with van der Waals surface area (Å²) in [6.45, 7) is 1.17. The minimum absolute atomic E-state index is 0.119. The Labute approximate surface area is 155 Å². The van der Waals surface area contributed by atoms with Crippen molar-refractivity contribution in [2.75, 3.05) is 18.4 Å². The second-order valence-electron chi connectivity index (χ2n) is 7.68. The average molecular weight is 381 g/mol. The summed E-state index contributed by atoms with van der Waals surface area (Å²) in [4.78, 5) is 8.78. The van der Waals surface area contributed by atoms with Crippen LogP contribution in [0.25, 0.3) is 0 Å². The van der Waals surface area contributed by atoms with Gasteiger partial charge in [-0.15, -0.1) is 0 Å². The fourth-order valence-corrected chi connectivity index (χ4v) is 5.74. The molecule has 0 radical (unpaired) electrons. The Hall–Kier alpha value is -1.41. The van der Waals surface area contributed by atoms with Gasteiger partial charge in [0.25, 0.3) is 0 Å². The molecular formula is C18H28N4O3S. The lowest BCUT2D eigenvalue weighted by Gasteiger charge is -2.32. The normalized spacial score (nSPS) is 23.7. The summed E-state index contributed by atoms with van der Waals surface area (Å²) in [5.74, 6) is 1.29. The van der Waals surface area contributed by atoms with Crippen molar-refractivity contribution in [1.29, 1.82) is 0 Å². The lowest BCUT2D eigenvalue weighted by Crippen LogP contribution is -2.43. The molecule has 144 valence electrons. The van der Waals surface area contributed by atoms with Crippen molar-refractivity contribution in [3.05, 3.63) is 12.4 Å². The number of hydrogen-bond acceptors (Lipinski definition) is 6. The summed E-state index contributed by atoms with van der Waals surface area (Å²) < 4.78 is 32.3. The molecule has 4 rings (SSSR count). The van der Waals surface area contributed by atoms with E-state index in [9.17, 15) is 8.42 Å². The molecule has 2 saturated carbocycles. The van der Waals surface area contributed by atoms with Crippen molar-refractivity contribution in [2.45, 2.75) is 75.2 Å². The third-order valence-corrected chi connectivity index (χ3v) is 7.96. The standard InChI is InChI=1S/C18H28N4O3S/c23-26(24,16-6-7-16)22-10-8-14(9-11-22)20-17-12-19-13-18(21-17)25-15-4-2-1-3-5-15/h12-16H,1-11H2,(H,20,21). The second kappa shape index (κ2) is 7.68. The molecule has 0 aromatic carbocycles. The zero-order valence-corrected chi connectivity index (χ0v) is 16.0. The summed E-state index contributed by atoms with van der Waals surface area (Å²) in [6.07, 6.45) is 12.8. The van der Waals surface area contributed by atoms with E-state index in [-0.39, 0.29) is 17.4 Å². The van der Waals surface area contributed by atoms with E-state index in [4.69, 9.17) is 4.74 Å². The highest BCUT2D eigenvalue weighted by Gasteiger charge is 2.41. The van der Waals surface area contributed by atoms with Gasteiger partial charge < -0.3 is 10.1 Å². The summed E-state index contributed by atoms with van der Waals surface area (Å²) >= 11 is 0. The third-order valence-electron chi connectivity index (χ3n) is 5.56. The van der Waals surface area contributed by atoms with Crippen LogP contribution in [-0.4, -0.2) is 53.2 Å². The minimum Gasteiger partial charge on any atom is -0.473 e. The summed E-state index contributed by atoms with van der Waals surface area (Å²) in [6, 6.07) is 0.222. The Morgan fingerprint density at radius 3 is 2.42 bits per heavy atom. The predicted molar refractivity (Wildman–Crippen MR) is 99.7 cm³/mol. The Kier molecular flexibility index (Phi) is 5.31. The van der Waals surface area contributed by atoms with Crippen LogP contribution in [0.4, 0.5) is 5.82 Å². The number of nitrogens with zero attached hydrogens (tertiary/aromatic N) is 3. The summed E-state index contributed by atoms with van der Waals surface area (Å²) in [5.41, 5.74) is 0. The van der Waals surface area contributed by atoms with Crippen molar-refractivity contribution in [2.24, 2.45) is 0 Å². The molecular weight excluding hydrogens is 352 g/mol. The van der Waals surface area contributed by atoms with E-state index in [1.807, 2.05) is 0 Å². The second-order valence-corrected chi connectivity index (χ2v) is 9.90. The SMILES string of the molecule is O=S(=O)(C1CC1)N1CCC(Nc2cncc(OC3CCCCC3)n2)CC1. The van der Waals surface area contributed by atoms with E-state index in [2.05, 4.69) is 15.3 Å². The van der Waals surface area contributed by atoms with E-state index in [1.54, 1.807) is 16.7 Å². The van der Waals surface area contributed by atoms with Gasteiger partial charge in [-0.3, -0.25) is 4.98 Å². The monoisotopic (exact) mass is 380 g/mol. The van der Waals surface area contributed by atoms with Crippen LogP contribution in [0.5, 0.6) is 5.88 Å². The van der Waals surface area contributed by atoms with Crippen molar-refractivity contribution < 1.29 is 13.2 Å². The molecule has 1 aliphatic heterocycles. The average Bonchev–Trinajstić information content (AvgIpc) is 3.49. The molecule has 0 amide bonds. The van der Waals surface area contributed by atoms with Crippen molar-refractivity contribution in [1.82, 2.24) is 14.3 Å². The van der Waals surface area contributed by atoms with Gasteiger partial charge in [0, 0.05) is 19.1 Å². The molecule has 1 saturated heterocycles. The maximum Gasteiger partial charge on any atom is 0.234 e. The number of ether oxygens (including phenoxy) is 1. The van der Waals surface area contributed by atoms with E-state index < -0.39 is 10.0 Å². The number of rotatable bonds is 6. The van der Waals surface area contributed by atoms with Crippen LogP contribution in [0.1, 0.15) is 57.8 Å². The number of hydrogen-bond donors (Lipinski definition) is 1. The van der Waals surface area contributed by atoms with Gasteiger partial charge >= 0.3 is 0 Å². The van der Waals surface area contributed by atoms with Crippen LogP contribution in [0.3, 0.4) is 0 Å². The predicted octanol–water partition coefficient (Wildman–Crippen LogP) is 2.56. The highest BCUT2D eigenvalue weighted by atomic mass is 32.2. The first-order valence-electron chi connectivity index (χ1n) is 9.85. The van der Waals surface area contributed by atoms with Crippen LogP contribution in [-0.2, 0) is 10.0 Å². The van der Waals surface area contributed by atoms with Crippen molar-refractivity contribution in [3.8, 4) is 5.88 Å². The van der Waals surface area contributed by atoms with Crippen LogP contribution in [0, 0.1) is 0 Å². The van der Waals surface area contributed by atoms with Gasteiger partial charge in [-0.1, -0.05) is 6.42 Å². The Bertz CT molecular complexity index is 709. The first-order chi connectivity index (χ1) is 12.6. The van der Waals surface area contributed by atoms with Gasteiger partial charge in [0.1, 0.15) is 11.9 Å². The van der Waals surface area contributed by atoms with Crippen molar-refractivity contribution >= 4 is 15.8 Å². The molecule has 1 aromatic heterocycles. The molecule has 26 heavy (non-hydrogen) atoms. The van der Waals surface area contributed by atoms with Gasteiger partial charge in [-0.2, -0.15) is 4.98 Å². The highest BCUT2D eigenvalue weighted by Crippen LogP contribution is 2.32. The molecule has 3 fully saturated rings. The molecule has 0 unspecified atom stereocenters. The number of sulfonamides is 1. The molecule has 2 heterocycles. The molecule has 0 atom stereocenters. The number of anilines is 1. The van der Waals surface area contributed by atoms with Gasteiger partial charge in [0.2, 0.25) is 15.9 Å². The van der Waals surface area contributed by atoms with Gasteiger partial charge in [-0.05, 0) is 51.4 Å². The third kappa shape index (κ3) is 4.28. The molecule has 1 N–H and O–H groups in total. The van der Waals surface area contributed by atoms with Crippen LogP contribution < -0.4 is 10.1 Å². The Morgan fingerprint density at radius 1 is 1.00 bits per heavy atom. The van der Waals surface area contributed by atoms with E-state index in [0.29, 0.717) is 24.8 Å². The highest BCUT2D eigenvalue weighted by molar-refractivity contribution is 7.90. The van der Waals surface area contributed by atoms with Gasteiger partial charge in [0.05, 0.1) is 17.6 Å². The van der Waals surface area contributed by atoms with Gasteiger partial charge in [-0.25, -0.2) is 12.7 Å². The van der Waals surface area contributed by atoms with E-state index in [0.717, 1.165) is 38.5 Å². The molecule has 2 aliphatic carbocycles. The Morgan fingerprint density at radius 2 is 1.73 bits per heavy atom. The fourth-order valence-electron chi connectivity index (χ4n) is 3.87. The maximum atomic E-state index is 12.3. The van der Waals surface area contributed by atoms with Crippen molar-refractivity contribution in [3.63, 3.8) is 0 Å². The minimum atomic E-state index is -3.05. The first-order valence-corrected chi connectivity index (χ1v) is 11.4. The molecule has 0 bridgehead atoms. The van der Waals surface area contributed by atoms with E-state index in [1.165, 1.54) is 19.3 Å². The zero-order valence-electron chi connectivity index (χ0n) is 15.1. The van der Waals surface area contributed by atoms with Gasteiger partial charge in [0.15, 0.2) is 0 Å². The zero-order chi connectivity index (χ0) is 18.0. The fraction of sp³-hybridized carbons (Fsp3) is 0.778. The molecule has 1 aromatic rings. The summed E-state index contributed by atoms with van der Waals surface area (Å²) in [7, 11) is -3.05. The topological polar surface area (TPSA) is 84.4 Å². The first kappa shape index (κ1) is 18.0. The quantitative estimate of drug-likeness (QED) is 0.816. The maximum absolute atomic E-state index is 12.3. The number of piperidine rings is 1. The lowest BCUT2D eigenvalue weighted by atomic mass is 9.98. The number of aromatic nitrogens is 2. The van der Waals surface area contributed by atoms with Crippen LogP contribution >= 0.6 is 0 Å². The molecule has 0 spiro atoms. The molecule has 7 nitrogen and oxygen atoms in total. The van der Waals surface area contributed by atoms with Crippen LogP contribution in [0.15, 0.2) is 12.4 Å². The smallest absolute Gasteiger partial charge is 0.234 e. The molecule has 3 aliphatic rings. The van der Waals surface area contributed by atoms with Crippen LogP contribution in [0.2, 0.25) is 0 Å². The number of nitrogens with one attached hydrogen (secondary N) is 1. The Balaban J connectivity index is 1.30. The molecule has 8 heteroatoms. The largest absolute Gasteiger partial charge is 0.473 e. The lowest BCUT2D eigenvalue weighted by molar-refractivity contribution is 0.148. The van der Waals surface area contributed by atoms with E-state index >= 15 is 0 Å².